The maximum absolute atomic E-state index is 6.19. The molecule has 0 spiro atoms. The Morgan fingerprint density at radius 2 is 1.13 bits per heavy atom. The van der Waals surface area contributed by atoms with Gasteiger partial charge in [-0.2, -0.15) is 0 Å². The number of fused-ring (bicyclic) bond motifs is 5. The molecule has 2 heterocycles. The van der Waals surface area contributed by atoms with Crippen LogP contribution in [0.1, 0.15) is 22.6 Å². The van der Waals surface area contributed by atoms with Gasteiger partial charge in [-0.3, -0.25) is 0 Å². The molecular formula is C51H29NO. The van der Waals surface area contributed by atoms with E-state index in [0.717, 1.165) is 21.9 Å². The van der Waals surface area contributed by atoms with E-state index in [1.54, 1.807) is 0 Å². The molecule has 0 aliphatic heterocycles. The molecule has 0 radical (unpaired) electrons. The average molecular weight is 672 g/mol. The number of hydrogen-bond donors (Lipinski definition) is 0. The molecule has 11 aromatic rings. The number of para-hydroxylation sites is 1. The van der Waals surface area contributed by atoms with Crippen molar-refractivity contribution in [3.8, 4) is 39.1 Å². The average Bonchev–Trinajstić information content (AvgIpc) is 3.85. The van der Waals surface area contributed by atoms with Crippen LogP contribution in [0.5, 0.6) is 0 Å². The molecule has 53 heavy (non-hydrogen) atoms. The second kappa shape index (κ2) is 9.91. The molecule has 244 valence electrons. The Morgan fingerprint density at radius 1 is 0.415 bits per heavy atom. The van der Waals surface area contributed by atoms with E-state index < -0.39 is 0 Å². The summed E-state index contributed by atoms with van der Waals surface area (Å²) in [7, 11) is 0. The van der Waals surface area contributed by atoms with Gasteiger partial charge in [0.25, 0.3) is 0 Å². The molecule has 0 saturated heterocycles. The molecule has 0 saturated carbocycles. The summed E-state index contributed by atoms with van der Waals surface area (Å²) in [4.78, 5) is 0. The molecular weight excluding hydrogens is 643 g/mol. The molecule has 2 aromatic heterocycles. The first-order valence-electron chi connectivity index (χ1n) is 18.5. The van der Waals surface area contributed by atoms with Gasteiger partial charge in [0, 0.05) is 32.8 Å². The fourth-order valence-electron chi connectivity index (χ4n) is 10.1. The van der Waals surface area contributed by atoms with Gasteiger partial charge in [-0.15, -0.1) is 0 Å². The highest BCUT2D eigenvalue weighted by Gasteiger charge is 2.36. The van der Waals surface area contributed by atoms with Crippen LogP contribution in [-0.2, 0) is 0 Å². The predicted molar refractivity (Wildman–Crippen MR) is 220 cm³/mol. The van der Waals surface area contributed by atoms with Crippen LogP contribution in [0, 0.1) is 0 Å². The summed E-state index contributed by atoms with van der Waals surface area (Å²) in [6.45, 7) is 0. The van der Waals surface area contributed by atoms with Crippen LogP contribution in [0.15, 0.2) is 174 Å². The first kappa shape index (κ1) is 27.8. The van der Waals surface area contributed by atoms with Crippen LogP contribution in [0.25, 0.3) is 104 Å². The number of hydrogen-bond acceptors (Lipinski definition) is 1. The van der Waals surface area contributed by atoms with Gasteiger partial charge in [0.15, 0.2) is 0 Å². The topological polar surface area (TPSA) is 18.1 Å². The second-order valence-electron chi connectivity index (χ2n) is 14.7. The SMILES string of the molecule is c1ccc(C2c3cccc4c3-c3c2ccc2ccc5c(c32)c2c-4cccc2n5-c2cccc3c(-c4ccc5oc6ccccc6c5c4)cccc23)cc1. The molecule has 2 nitrogen and oxygen atoms in total. The van der Waals surface area contributed by atoms with Crippen LogP contribution in [-0.4, -0.2) is 4.57 Å². The summed E-state index contributed by atoms with van der Waals surface area (Å²) in [5.74, 6) is 0.208. The molecule has 2 heteroatoms. The number of aromatic nitrogens is 1. The lowest BCUT2D eigenvalue weighted by atomic mass is 9.87. The zero-order valence-corrected chi connectivity index (χ0v) is 28.6. The van der Waals surface area contributed by atoms with E-state index in [9.17, 15) is 0 Å². The fraction of sp³-hybridized carbons (Fsp3) is 0.0196. The van der Waals surface area contributed by atoms with Crippen LogP contribution >= 0.6 is 0 Å². The van der Waals surface area contributed by atoms with Crippen LogP contribution in [0.3, 0.4) is 0 Å². The van der Waals surface area contributed by atoms with Gasteiger partial charge >= 0.3 is 0 Å². The Balaban J connectivity index is 1.12. The van der Waals surface area contributed by atoms with Gasteiger partial charge in [0.05, 0.1) is 16.7 Å². The fourth-order valence-corrected chi connectivity index (χ4v) is 10.1. The van der Waals surface area contributed by atoms with E-state index in [2.05, 4.69) is 162 Å². The first-order valence-corrected chi connectivity index (χ1v) is 18.5. The number of furan rings is 1. The number of rotatable bonds is 3. The molecule has 2 aliphatic carbocycles. The highest BCUT2D eigenvalue weighted by atomic mass is 16.3. The summed E-state index contributed by atoms with van der Waals surface area (Å²) in [6, 6.07) is 62.9. The Bertz CT molecular complexity index is 3400. The highest BCUT2D eigenvalue weighted by Crippen LogP contribution is 2.58. The molecule has 1 unspecified atom stereocenters. The smallest absolute Gasteiger partial charge is 0.135 e. The molecule has 2 aliphatic rings. The quantitative estimate of drug-likeness (QED) is 0.183. The van der Waals surface area contributed by atoms with Crippen molar-refractivity contribution in [2.24, 2.45) is 0 Å². The maximum atomic E-state index is 6.19. The number of nitrogens with zero attached hydrogens (tertiary/aromatic N) is 1. The van der Waals surface area contributed by atoms with Crippen molar-refractivity contribution in [3.05, 3.63) is 187 Å². The summed E-state index contributed by atoms with van der Waals surface area (Å²) < 4.78 is 8.72. The zero-order valence-electron chi connectivity index (χ0n) is 28.6. The van der Waals surface area contributed by atoms with Crippen LogP contribution < -0.4 is 0 Å². The Morgan fingerprint density at radius 3 is 2.09 bits per heavy atom. The Kier molecular flexibility index (Phi) is 5.19. The zero-order chi connectivity index (χ0) is 34.4. The van der Waals surface area contributed by atoms with Crippen molar-refractivity contribution in [2.75, 3.05) is 0 Å². The second-order valence-corrected chi connectivity index (χ2v) is 14.7. The van der Waals surface area contributed by atoms with Crippen LogP contribution in [0.4, 0.5) is 0 Å². The van der Waals surface area contributed by atoms with Crippen molar-refractivity contribution in [1.29, 1.82) is 0 Å². The largest absolute Gasteiger partial charge is 0.456 e. The van der Waals surface area contributed by atoms with Gasteiger partial charge in [0.2, 0.25) is 0 Å². The van der Waals surface area contributed by atoms with E-state index in [0.29, 0.717) is 0 Å². The van der Waals surface area contributed by atoms with Gasteiger partial charge < -0.3 is 8.98 Å². The van der Waals surface area contributed by atoms with E-state index in [4.69, 9.17) is 4.42 Å². The van der Waals surface area contributed by atoms with Gasteiger partial charge in [0.1, 0.15) is 11.2 Å². The van der Waals surface area contributed by atoms with E-state index >= 15 is 0 Å². The summed E-state index contributed by atoms with van der Waals surface area (Å²) in [6.07, 6.45) is 0. The van der Waals surface area contributed by atoms with E-state index in [1.165, 1.54) is 99.1 Å². The molecule has 0 fully saturated rings. The highest BCUT2D eigenvalue weighted by molar-refractivity contribution is 6.32. The molecule has 13 rings (SSSR count). The first-order chi connectivity index (χ1) is 26.3. The van der Waals surface area contributed by atoms with Gasteiger partial charge in [-0.25, -0.2) is 0 Å². The Labute approximate surface area is 304 Å². The minimum Gasteiger partial charge on any atom is -0.456 e. The third kappa shape index (κ3) is 3.48. The summed E-state index contributed by atoms with van der Waals surface area (Å²) >= 11 is 0. The van der Waals surface area contributed by atoms with Crippen molar-refractivity contribution < 1.29 is 4.42 Å². The summed E-state index contributed by atoms with van der Waals surface area (Å²) in [5.41, 5.74) is 17.5. The Hall–Kier alpha value is -6.90. The van der Waals surface area contributed by atoms with Crippen molar-refractivity contribution in [3.63, 3.8) is 0 Å². The monoisotopic (exact) mass is 671 g/mol. The van der Waals surface area contributed by atoms with Crippen molar-refractivity contribution >= 4 is 65.3 Å². The van der Waals surface area contributed by atoms with E-state index in [-0.39, 0.29) is 5.92 Å². The molecule has 9 aromatic carbocycles. The predicted octanol–water partition coefficient (Wildman–Crippen LogP) is 13.8. The molecule has 0 N–H and O–H groups in total. The van der Waals surface area contributed by atoms with Crippen molar-refractivity contribution in [1.82, 2.24) is 4.57 Å². The van der Waals surface area contributed by atoms with E-state index in [1.807, 2.05) is 12.1 Å². The normalized spacial score (nSPS) is 14.2. The molecule has 0 bridgehead atoms. The van der Waals surface area contributed by atoms with Gasteiger partial charge in [-0.05, 0) is 103 Å². The molecule has 0 amide bonds. The standard InChI is InChI=1S/C51H29NO/c1-2-10-29(11-3-1)46-38-18-7-16-36-37-17-9-20-42-49(37)51-43(26-23-30-22-25-39(46)50(47(30)51)48(36)38)52(42)41-19-8-14-33-32(13-6-15-34(33)41)31-24-27-45-40(28-31)35-12-4-5-21-44(35)53-45/h1-28,46H. The lowest BCUT2D eigenvalue weighted by Crippen LogP contribution is -1.99. The maximum Gasteiger partial charge on any atom is 0.135 e. The number of benzene rings is 9. The van der Waals surface area contributed by atoms with Gasteiger partial charge in [-0.1, -0.05) is 133 Å². The van der Waals surface area contributed by atoms with Crippen molar-refractivity contribution in [2.45, 2.75) is 5.92 Å². The molecule has 1 atom stereocenters. The minimum absolute atomic E-state index is 0.208. The van der Waals surface area contributed by atoms with Crippen LogP contribution in [0.2, 0.25) is 0 Å². The third-order valence-corrected chi connectivity index (χ3v) is 12.2. The third-order valence-electron chi connectivity index (χ3n) is 12.2. The lowest BCUT2D eigenvalue weighted by Gasteiger charge is -2.16. The lowest BCUT2D eigenvalue weighted by molar-refractivity contribution is 0.669. The minimum atomic E-state index is 0.208. The summed E-state index contributed by atoms with van der Waals surface area (Å²) in [5, 5.41) is 10.1.